The summed E-state index contributed by atoms with van der Waals surface area (Å²) in [6.07, 6.45) is 2.26. The molecule has 1 unspecified atom stereocenters. The SMILES string of the molecule is CCc1cccc(C)c1NC(=O)C(C)Sc1ccc(NC(=O)/C(=C/c2ccc([N+](=O)[O-])cc2)NC(=O)c2ccccc2)cc1. The number of para-hydroxylation sites is 1. The van der Waals surface area contributed by atoms with Crippen molar-refractivity contribution < 1.29 is 19.3 Å². The number of nitrogens with one attached hydrogen (secondary N) is 3. The van der Waals surface area contributed by atoms with Crippen molar-refractivity contribution >= 4 is 52.6 Å². The van der Waals surface area contributed by atoms with Crippen molar-refractivity contribution in [3.63, 3.8) is 0 Å². The number of hydrogen-bond acceptors (Lipinski definition) is 6. The first-order valence-electron chi connectivity index (χ1n) is 13.9. The fourth-order valence-corrected chi connectivity index (χ4v) is 5.17. The van der Waals surface area contributed by atoms with Crippen LogP contribution in [0.1, 0.15) is 40.9 Å². The summed E-state index contributed by atoms with van der Waals surface area (Å²) < 4.78 is 0. The number of amides is 3. The molecule has 224 valence electrons. The summed E-state index contributed by atoms with van der Waals surface area (Å²) in [6.45, 7) is 5.86. The number of nitro benzene ring substituents is 1. The zero-order valence-corrected chi connectivity index (χ0v) is 25.3. The van der Waals surface area contributed by atoms with E-state index in [2.05, 4.69) is 22.9 Å². The third-order valence-electron chi connectivity index (χ3n) is 6.73. The molecule has 0 aliphatic rings. The molecule has 4 rings (SSSR count). The van der Waals surface area contributed by atoms with E-state index in [1.54, 1.807) is 54.6 Å². The third-order valence-corrected chi connectivity index (χ3v) is 7.84. The van der Waals surface area contributed by atoms with Crippen LogP contribution in [0.2, 0.25) is 0 Å². The smallest absolute Gasteiger partial charge is 0.272 e. The first kappa shape index (κ1) is 31.7. The van der Waals surface area contributed by atoms with E-state index in [0.717, 1.165) is 28.1 Å². The van der Waals surface area contributed by atoms with Gasteiger partial charge in [0, 0.05) is 34.0 Å². The molecule has 0 saturated heterocycles. The van der Waals surface area contributed by atoms with Crippen molar-refractivity contribution in [3.05, 3.63) is 135 Å². The van der Waals surface area contributed by atoms with E-state index >= 15 is 0 Å². The highest BCUT2D eigenvalue weighted by atomic mass is 32.2. The lowest BCUT2D eigenvalue weighted by atomic mass is 10.1. The highest BCUT2D eigenvalue weighted by molar-refractivity contribution is 8.00. The van der Waals surface area contributed by atoms with Crippen molar-refractivity contribution in [3.8, 4) is 0 Å². The van der Waals surface area contributed by atoms with Gasteiger partial charge < -0.3 is 16.0 Å². The van der Waals surface area contributed by atoms with E-state index in [1.807, 2.05) is 32.0 Å². The number of nitro groups is 1. The molecule has 4 aromatic carbocycles. The van der Waals surface area contributed by atoms with Gasteiger partial charge in [-0.25, -0.2) is 0 Å². The fraction of sp³-hybridized carbons (Fsp3) is 0.147. The van der Waals surface area contributed by atoms with Gasteiger partial charge in [0.15, 0.2) is 0 Å². The zero-order valence-electron chi connectivity index (χ0n) is 24.5. The van der Waals surface area contributed by atoms with Gasteiger partial charge in [0.1, 0.15) is 5.70 Å². The van der Waals surface area contributed by atoms with Crippen LogP contribution >= 0.6 is 11.8 Å². The van der Waals surface area contributed by atoms with Gasteiger partial charge >= 0.3 is 0 Å². The number of aryl methyl sites for hydroxylation is 2. The molecule has 3 amide bonds. The molecular weight excluding hydrogens is 576 g/mol. The lowest BCUT2D eigenvalue weighted by molar-refractivity contribution is -0.384. The van der Waals surface area contributed by atoms with E-state index < -0.39 is 16.7 Å². The predicted molar refractivity (Wildman–Crippen MR) is 175 cm³/mol. The number of carbonyl (C=O) groups excluding carboxylic acids is 3. The van der Waals surface area contributed by atoms with E-state index in [0.29, 0.717) is 16.8 Å². The van der Waals surface area contributed by atoms with Crippen molar-refractivity contribution in [2.45, 2.75) is 37.3 Å². The first-order valence-corrected chi connectivity index (χ1v) is 14.8. The number of rotatable bonds is 11. The largest absolute Gasteiger partial charge is 0.325 e. The molecular formula is C34H32N4O5S. The van der Waals surface area contributed by atoms with Crippen LogP contribution < -0.4 is 16.0 Å². The summed E-state index contributed by atoms with van der Waals surface area (Å²) in [7, 11) is 0. The van der Waals surface area contributed by atoms with Crippen LogP contribution in [0.5, 0.6) is 0 Å². The Morgan fingerprint density at radius 2 is 1.57 bits per heavy atom. The molecule has 3 N–H and O–H groups in total. The van der Waals surface area contributed by atoms with Gasteiger partial charge in [0.05, 0.1) is 10.2 Å². The molecule has 0 saturated carbocycles. The molecule has 44 heavy (non-hydrogen) atoms. The Hall–Kier alpha value is -5.22. The van der Waals surface area contributed by atoms with Gasteiger partial charge in [-0.1, -0.05) is 43.3 Å². The number of hydrogen-bond donors (Lipinski definition) is 3. The molecule has 9 nitrogen and oxygen atoms in total. The number of carbonyl (C=O) groups is 3. The van der Waals surface area contributed by atoms with Crippen LogP contribution in [0.15, 0.2) is 108 Å². The molecule has 0 spiro atoms. The van der Waals surface area contributed by atoms with Crippen LogP contribution in [-0.4, -0.2) is 27.9 Å². The van der Waals surface area contributed by atoms with E-state index in [9.17, 15) is 24.5 Å². The van der Waals surface area contributed by atoms with Gasteiger partial charge in [-0.3, -0.25) is 24.5 Å². The van der Waals surface area contributed by atoms with Crippen LogP contribution in [0.4, 0.5) is 17.1 Å². The molecule has 0 radical (unpaired) electrons. The second-order valence-corrected chi connectivity index (χ2v) is 11.3. The summed E-state index contributed by atoms with van der Waals surface area (Å²) in [4.78, 5) is 50.5. The van der Waals surface area contributed by atoms with E-state index in [1.165, 1.54) is 42.1 Å². The molecule has 0 bridgehead atoms. The molecule has 1 atom stereocenters. The molecule has 4 aromatic rings. The summed E-state index contributed by atoms with van der Waals surface area (Å²) >= 11 is 1.39. The number of anilines is 2. The molecule has 0 fully saturated rings. The Labute approximate surface area is 259 Å². The summed E-state index contributed by atoms with van der Waals surface area (Å²) in [5, 5.41) is 19.1. The van der Waals surface area contributed by atoms with E-state index in [-0.39, 0.29) is 22.5 Å². The van der Waals surface area contributed by atoms with Crippen LogP contribution in [0.25, 0.3) is 6.08 Å². The number of benzene rings is 4. The Morgan fingerprint density at radius 3 is 2.20 bits per heavy atom. The molecule has 0 aliphatic heterocycles. The number of non-ortho nitro benzene ring substituents is 1. The maximum Gasteiger partial charge on any atom is 0.272 e. The molecule has 0 aromatic heterocycles. The molecule has 0 heterocycles. The maximum absolute atomic E-state index is 13.3. The number of nitrogens with zero attached hydrogens (tertiary/aromatic N) is 1. The van der Waals surface area contributed by atoms with Gasteiger partial charge in [0.2, 0.25) is 5.91 Å². The topological polar surface area (TPSA) is 130 Å². The Balaban J connectivity index is 1.45. The average Bonchev–Trinajstić information content (AvgIpc) is 3.03. The Bertz CT molecular complexity index is 1690. The summed E-state index contributed by atoms with van der Waals surface area (Å²) in [5.41, 5.74) is 4.14. The van der Waals surface area contributed by atoms with Crippen LogP contribution in [0.3, 0.4) is 0 Å². The van der Waals surface area contributed by atoms with E-state index in [4.69, 9.17) is 0 Å². The van der Waals surface area contributed by atoms with Gasteiger partial charge in [-0.05, 0) is 91.6 Å². The third kappa shape index (κ3) is 8.42. The molecule has 10 heteroatoms. The van der Waals surface area contributed by atoms with Gasteiger partial charge in [0.25, 0.3) is 17.5 Å². The zero-order chi connectivity index (χ0) is 31.6. The minimum atomic E-state index is -0.578. The summed E-state index contributed by atoms with van der Waals surface area (Å²) in [5.74, 6) is -1.16. The normalized spacial score (nSPS) is 11.8. The minimum absolute atomic E-state index is 0.0425. The maximum atomic E-state index is 13.3. The monoisotopic (exact) mass is 608 g/mol. The van der Waals surface area contributed by atoms with Gasteiger partial charge in [-0.2, -0.15) is 0 Å². The van der Waals surface area contributed by atoms with Crippen molar-refractivity contribution in [2.75, 3.05) is 10.6 Å². The lowest BCUT2D eigenvalue weighted by Crippen LogP contribution is -2.30. The standard InChI is InChI=1S/C34H32N4O5S/c1-4-25-12-8-9-22(2)31(25)37-32(39)23(3)44-29-19-15-27(16-20-29)35-34(41)30(36-33(40)26-10-6-5-7-11-26)21-24-13-17-28(18-14-24)38(42)43/h5-21,23H,4H2,1-3H3,(H,35,41)(H,36,40)(H,37,39)/b30-21-. The van der Waals surface area contributed by atoms with Crippen LogP contribution in [-0.2, 0) is 16.0 Å². The predicted octanol–water partition coefficient (Wildman–Crippen LogP) is 6.99. The van der Waals surface area contributed by atoms with Crippen molar-refractivity contribution in [1.82, 2.24) is 5.32 Å². The fourth-order valence-electron chi connectivity index (χ4n) is 4.30. The average molecular weight is 609 g/mol. The quantitative estimate of drug-likeness (QED) is 0.0728. The highest BCUT2D eigenvalue weighted by Gasteiger charge is 2.18. The van der Waals surface area contributed by atoms with Gasteiger partial charge in [-0.15, -0.1) is 11.8 Å². The molecule has 0 aliphatic carbocycles. The highest BCUT2D eigenvalue weighted by Crippen LogP contribution is 2.28. The Morgan fingerprint density at radius 1 is 0.886 bits per heavy atom. The van der Waals surface area contributed by atoms with Crippen molar-refractivity contribution in [1.29, 1.82) is 0 Å². The lowest BCUT2D eigenvalue weighted by Gasteiger charge is -2.16. The van der Waals surface area contributed by atoms with Crippen LogP contribution in [0, 0.1) is 17.0 Å². The second-order valence-electron chi connectivity index (χ2n) is 9.92. The summed E-state index contributed by atoms with van der Waals surface area (Å²) in [6, 6.07) is 27.1. The van der Waals surface area contributed by atoms with Crippen molar-refractivity contribution in [2.24, 2.45) is 0 Å². The number of thioether (sulfide) groups is 1. The second kappa shape index (κ2) is 14.8. The minimum Gasteiger partial charge on any atom is -0.325 e. The Kier molecular flexibility index (Phi) is 10.7. The first-order chi connectivity index (χ1) is 21.1.